The Bertz CT molecular complexity index is 1430. The third-order valence-electron chi connectivity index (χ3n) is 5.24. The van der Waals surface area contributed by atoms with Crippen LogP contribution in [0.3, 0.4) is 0 Å². The number of halogens is 1. The fourth-order valence-corrected chi connectivity index (χ4v) is 4.79. The fraction of sp³-hybridized carbons (Fsp3) is 0.292. The molecule has 0 radical (unpaired) electrons. The van der Waals surface area contributed by atoms with E-state index >= 15 is 0 Å². The Labute approximate surface area is 215 Å². The van der Waals surface area contributed by atoms with E-state index in [0.717, 1.165) is 25.6 Å². The molecule has 0 unspecified atom stereocenters. The number of nitrogens with one attached hydrogen (secondary N) is 1. The molecule has 1 atom stereocenters. The molecular formula is C24H25IN6O4. The summed E-state index contributed by atoms with van der Waals surface area (Å²) in [6.45, 7) is 5.23. The monoisotopic (exact) mass is 588 g/mol. The van der Waals surface area contributed by atoms with Crippen molar-refractivity contribution >= 4 is 56.9 Å². The number of pyridine rings is 1. The summed E-state index contributed by atoms with van der Waals surface area (Å²) in [5, 5.41) is 7.97. The molecule has 4 aromatic rings. The minimum absolute atomic E-state index is 0.0861. The van der Waals surface area contributed by atoms with Crippen molar-refractivity contribution in [3.05, 3.63) is 52.1 Å². The highest BCUT2D eigenvalue weighted by Crippen LogP contribution is 2.37. The van der Waals surface area contributed by atoms with Crippen molar-refractivity contribution in [3.8, 4) is 11.1 Å². The third-order valence-corrected chi connectivity index (χ3v) is 6.40. The first kappa shape index (κ1) is 24.6. The van der Waals surface area contributed by atoms with Gasteiger partial charge in [0.2, 0.25) is 0 Å². The predicted molar refractivity (Wildman–Crippen MR) is 140 cm³/mol. The number of nitrogens with zero attached hydrogens (tertiary/aromatic N) is 4. The van der Waals surface area contributed by atoms with Crippen LogP contribution in [0.2, 0.25) is 0 Å². The van der Waals surface area contributed by atoms with Crippen molar-refractivity contribution in [3.63, 3.8) is 0 Å². The molecule has 0 spiro atoms. The van der Waals surface area contributed by atoms with Crippen LogP contribution in [0, 0.1) is 3.57 Å². The average Bonchev–Trinajstić information content (AvgIpc) is 3.09. The molecule has 4 rings (SSSR count). The molecule has 0 saturated carbocycles. The molecule has 3 heterocycles. The summed E-state index contributed by atoms with van der Waals surface area (Å²) < 4.78 is 12.7. The SMILES string of the molecule is COC(=O)[C@H](Cc1c(I)c(-c2cnc3ccccc3c2)c2c(N)ncnn12)NC(=O)OC(C)(C)C. The van der Waals surface area contributed by atoms with E-state index in [4.69, 9.17) is 15.2 Å². The molecule has 182 valence electrons. The largest absolute Gasteiger partial charge is 0.467 e. The summed E-state index contributed by atoms with van der Waals surface area (Å²) in [5.41, 5.74) is 9.28. The van der Waals surface area contributed by atoms with Crippen LogP contribution < -0.4 is 11.1 Å². The number of hydrogen-bond donors (Lipinski definition) is 2. The lowest BCUT2D eigenvalue weighted by Gasteiger charge is -2.22. The standard InChI is InChI=1S/C24H25IN6O4/c1-24(2,3)35-23(33)30-16(22(32)34-4)10-17-19(25)18(20-21(26)28-12-29-31(17)20)14-9-13-7-5-6-8-15(13)27-11-14/h5-9,11-12,16H,10H2,1-4H3,(H,30,33)(H2,26,28,29)/t16-/m0/s1. The fourth-order valence-electron chi connectivity index (χ4n) is 3.77. The summed E-state index contributed by atoms with van der Waals surface area (Å²) in [4.78, 5) is 33.8. The van der Waals surface area contributed by atoms with Crippen molar-refractivity contribution < 1.29 is 19.1 Å². The Morgan fingerprint density at radius 2 is 1.97 bits per heavy atom. The van der Waals surface area contributed by atoms with Gasteiger partial charge < -0.3 is 20.5 Å². The van der Waals surface area contributed by atoms with E-state index in [0.29, 0.717) is 11.2 Å². The number of amides is 1. The molecule has 0 saturated heterocycles. The number of anilines is 1. The van der Waals surface area contributed by atoms with Gasteiger partial charge in [-0.25, -0.2) is 19.1 Å². The van der Waals surface area contributed by atoms with E-state index < -0.39 is 23.7 Å². The van der Waals surface area contributed by atoms with Gasteiger partial charge in [0.1, 0.15) is 23.5 Å². The number of nitrogen functional groups attached to an aromatic ring is 1. The van der Waals surface area contributed by atoms with Crippen molar-refractivity contribution in [1.82, 2.24) is 24.9 Å². The van der Waals surface area contributed by atoms with E-state index in [-0.39, 0.29) is 12.2 Å². The van der Waals surface area contributed by atoms with Gasteiger partial charge >= 0.3 is 12.1 Å². The molecular weight excluding hydrogens is 563 g/mol. The van der Waals surface area contributed by atoms with Gasteiger partial charge in [-0.2, -0.15) is 5.10 Å². The number of rotatable bonds is 5. The summed E-state index contributed by atoms with van der Waals surface area (Å²) in [6.07, 6.45) is 2.48. The highest BCUT2D eigenvalue weighted by atomic mass is 127. The van der Waals surface area contributed by atoms with Crippen molar-refractivity contribution in [2.75, 3.05) is 12.8 Å². The summed E-state index contributed by atoms with van der Waals surface area (Å²) in [6, 6.07) is 8.81. The first-order valence-electron chi connectivity index (χ1n) is 10.8. The quantitative estimate of drug-likeness (QED) is 0.266. The second-order valence-corrected chi connectivity index (χ2v) is 9.96. The van der Waals surface area contributed by atoms with E-state index in [1.807, 2.05) is 30.3 Å². The molecule has 35 heavy (non-hydrogen) atoms. The predicted octanol–water partition coefficient (Wildman–Crippen LogP) is 3.74. The van der Waals surface area contributed by atoms with Crippen molar-refractivity contribution in [1.29, 1.82) is 0 Å². The molecule has 10 nitrogen and oxygen atoms in total. The zero-order valence-electron chi connectivity index (χ0n) is 19.7. The van der Waals surface area contributed by atoms with Crippen LogP contribution in [-0.2, 0) is 20.7 Å². The number of carbonyl (C=O) groups is 2. The third kappa shape index (κ3) is 5.14. The highest BCUT2D eigenvalue weighted by molar-refractivity contribution is 14.1. The van der Waals surface area contributed by atoms with Crippen LogP contribution in [0.1, 0.15) is 26.5 Å². The molecule has 0 aliphatic rings. The number of aromatic nitrogens is 4. The number of para-hydroxylation sites is 1. The van der Waals surface area contributed by atoms with Gasteiger partial charge in [-0.1, -0.05) is 18.2 Å². The molecule has 11 heteroatoms. The van der Waals surface area contributed by atoms with Gasteiger partial charge in [-0.3, -0.25) is 4.98 Å². The average molecular weight is 588 g/mol. The number of ether oxygens (including phenoxy) is 2. The smallest absolute Gasteiger partial charge is 0.408 e. The number of fused-ring (bicyclic) bond motifs is 2. The molecule has 0 bridgehead atoms. The Balaban J connectivity index is 1.81. The van der Waals surface area contributed by atoms with Crippen LogP contribution in [0.25, 0.3) is 27.5 Å². The number of carbonyl (C=O) groups excluding carboxylic acids is 2. The van der Waals surface area contributed by atoms with E-state index in [1.54, 1.807) is 31.5 Å². The van der Waals surface area contributed by atoms with Gasteiger partial charge in [-0.15, -0.1) is 0 Å². The van der Waals surface area contributed by atoms with Crippen LogP contribution in [0.5, 0.6) is 0 Å². The Morgan fingerprint density at radius 3 is 2.69 bits per heavy atom. The topological polar surface area (TPSA) is 134 Å². The maximum atomic E-state index is 12.6. The highest BCUT2D eigenvalue weighted by Gasteiger charge is 2.30. The Kier molecular flexibility index (Phi) is 6.79. The first-order chi connectivity index (χ1) is 16.6. The first-order valence-corrected chi connectivity index (χ1v) is 11.9. The van der Waals surface area contributed by atoms with Crippen LogP contribution in [0.4, 0.5) is 10.6 Å². The Morgan fingerprint density at radius 1 is 1.23 bits per heavy atom. The van der Waals surface area contributed by atoms with Gasteiger partial charge in [0.15, 0.2) is 5.82 Å². The number of methoxy groups -OCH3 is 1. The molecule has 0 aliphatic heterocycles. The maximum Gasteiger partial charge on any atom is 0.408 e. The molecule has 3 aromatic heterocycles. The van der Waals surface area contributed by atoms with Crippen LogP contribution in [-0.4, -0.2) is 50.4 Å². The van der Waals surface area contributed by atoms with Gasteiger partial charge in [-0.05, 0) is 55.5 Å². The van der Waals surface area contributed by atoms with Crippen LogP contribution in [0.15, 0.2) is 42.9 Å². The van der Waals surface area contributed by atoms with E-state index in [2.05, 4.69) is 43.0 Å². The lowest BCUT2D eigenvalue weighted by Crippen LogP contribution is -2.45. The molecule has 0 fully saturated rings. The minimum atomic E-state index is -1.01. The number of esters is 1. The van der Waals surface area contributed by atoms with Crippen molar-refractivity contribution in [2.24, 2.45) is 0 Å². The number of hydrogen-bond acceptors (Lipinski definition) is 8. The van der Waals surface area contributed by atoms with E-state index in [1.165, 1.54) is 13.4 Å². The summed E-state index contributed by atoms with van der Waals surface area (Å²) in [5.74, 6) is -0.334. The number of alkyl carbamates (subject to hydrolysis) is 1. The lowest BCUT2D eigenvalue weighted by molar-refractivity contribution is -0.143. The van der Waals surface area contributed by atoms with Crippen molar-refractivity contribution in [2.45, 2.75) is 38.8 Å². The van der Waals surface area contributed by atoms with Gasteiger partial charge in [0.25, 0.3) is 0 Å². The number of nitrogens with two attached hydrogens (primary N) is 1. The van der Waals surface area contributed by atoms with E-state index in [9.17, 15) is 9.59 Å². The number of benzene rings is 1. The molecule has 0 aliphatic carbocycles. The molecule has 3 N–H and O–H groups in total. The Hall–Kier alpha value is -3.48. The molecule has 1 amide bonds. The second kappa shape index (κ2) is 9.64. The van der Waals surface area contributed by atoms with Crippen LogP contribution >= 0.6 is 22.6 Å². The second-order valence-electron chi connectivity index (χ2n) is 8.88. The lowest BCUT2D eigenvalue weighted by atomic mass is 10.1. The van der Waals surface area contributed by atoms with Gasteiger partial charge in [0.05, 0.1) is 18.3 Å². The maximum absolute atomic E-state index is 12.6. The zero-order valence-corrected chi connectivity index (χ0v) is 21.9. The zero-order chi connectivity index (χ0) is 25.3. The minimum Gasteiger partial charge on any atom is -0.467 e. The van der Waals surface area contributed by atoms with Gasteiger partial charge in [0, 0.05) is 32.7 Å². The normalized spacial score (nSPS) is 12.5. The summed E-state index contributed by atoms with van der Waals surface area (Å²) >= 11 is 2.19. The summed E-state index contributed by atoms with van der Waals surface area (Å²) in [7, 11) is 1.26. The molecule has 1 aromatic carbocycles.